The van der Waals surface area contributed by atoms with Crippen molar-refractivity contribution < 1.29 is 19.1 Å². The number of hydrogen-bond acceptors (Lipinski definition) is 5. The van der Waals surface area contributed by atoms with Crippen LogP contribution in [0.2, 0.25) is 0 Å². The second-order valence-electron chi connectivity index (χ2n) is 7.72. The van der Waals surface area contributed by atoms with Gasteiger partial charge >= 0.3 is 11.9 Å². The first kappa shape index (κ1) is 23.1. The number of dihydropyridines is 1. The first-order valence-electron chi connectivity index (χ1n) is 11.4. The highest BCUT2D eigenvalue weighted by atomic mass is 16.5. The first-order chi connectivity index (χ1) is 16.7. The van der Waals surface area contributed by atoms with Gasteiger partial charge in [0.05, 0.1) is 41.7 Å². The summed E-state index contributed by atoms with van der Waals surface area (Å²) in [6.07, 6.45) is 0. The highest BCUT2D eigenvalue weighted by Crippen LogP contribution is 2.44. The lowest BCUT2D eigenvalue weighted by Crippen LogP contribution is -2.33. The van der Waals surface area contributed by atoms with E-state index in [0.717, 1.165) is 16.7 Å². The van der Waals surface area contributed by atoms with E-state index < -0.39 is 17.9 Å². The summed E-state index contributed by atoms with van der Waals surface area (Å²) < 4.78 is 11.0. The van der Waals surface area contributed by atoms with E-state index >= 15 is 0 Å². The summed E-state index contributed by atoms with van der Waals surface area (Å²) in [6.45, 7) is 3.98. The summed E-state index contributed by atoms with van der Waals surface area (Å²) in [6, 6.07) is 28.8. The van der Waals surface area contributed by atoms with Crippen LogP contribution in [0, 0.1) is 0 Å². The molecule has 0 fully saturated rings. The maximum atomic E-state index is 13.4. The molecule has 5 nitrogen and oxygen atoms in total. The summed E-state index contributed by atoms with van der Waals surface area (Å²) in [5.41, 5.74) is 4.42. The standard InChI is InChI=1S/C29H27NO4/c1-3-33-28(31)24-23(20-14-8-5-9-15-20)25(29(32)34-4-2)27(22-18-12-7-13-19-22)30-26(24)21-16-10-6-11-17-21/h5-19,23,30H,3-4H2,1-2H3. The molecule has 1 N–H and O–H groups in total. The summed E-state index contributed by atoms with van der Waals surface area (Å²) in [4.78, 5) is 26.9. The van der Waals surface area contributed by atoms with Crippen molar-refractivity contribution in [2.75, 3.05) is 13.2 Å². The normalized spacial score (nSPS) is 13.9. The lowest BCUT2D eigenvalue weighted by atomic mass is 9.78. The van der Waals surface area contributed by atoms with Gasteiger partial charge in [0.1, 0.15) is 0 Å². The van der Waals surface area contributed by atoms with Gasteiger partial charge in [-0.1, -0.05) is 91.0 Å². The summed E-state index contributed by atoms with van der Waals surface area (Å²) in [5.74, 6) is -1.63. The van der Waals surface area contributed by atoms with Gasteiger partial charge in [-0.15, -0.1) is 0 Å². The third kappa shape index (κ3) is 4.64. The Morgan fingerprint density at radius 3 is 1.41 bits per heavy atom. The Kier molecular flexibility index (Phi) is 7.23. The third-order valence-corrected chi connectivity index (χ3v) is 5.61. The molecule has 1 aliphatic heterocycles. The number of ether oxygens (including phenoxy) is 2. The lowest BCUT2D eigenvalue weighted by molar-refractivity contribution is -0.139. The van der Waals surface area contributed by atoms with Gasteiger partial charge in [0.2, 0.25) is 0 Å². The summed E-state index contributed by atoms with van der Waals surface area (Å²) >= 11 is 0. The van der Waals surface area contributed by atoms with Gasteiger partial charge in [-0.2, -0.15) is 0 Å². The monoisotopic (exact) mass is 453 g/mol. The SMILES string of the molecule is CCOC(=O)C1=C(c2ccccc2)NC(c2ccccc2)=C(C(=O)OCC)C1c1ccccc1. The molecule has 1 aliphatic rings. The minimum atomic E-state index is -0.675. The Morgan fingerprint density at radius 2 is 1.03 bits per heavy atom. The van der Waals surface area contributed by atoms with Gasteiger partial charge in [-0.05, 0) is 30.5 Å². The van der Waals surface area contributed by atoms with Gasteiger partial charge in [0.25, 0.3) is 0 Å². The molecule has 0 bridgehead atoms. The van der Waals surface area contributed by atoms with Crippen LogP contribution in [0.25, 0.3) is 11.4 Å². The second kappa shape index (κ2) is 10.7. The molecule has 0 spiro atoms. The van der Waals surface area contributed by atoms with Gasteiger partial charge in [-0.3, -0.25) is 0 Å². The summed E-state index contributed by atoms with van der Waals surface area (Å²) in [7, 11) is 0. The number of carbonyl (C=O) groups excluding carboxylic acids is 2. The molecule has 1 heterocycles. The van der Waals surface area contributed by atoms with E-state index in [1.807, 2.05) is 91.0 Å². The van der Waals surface area contributed by atoms with Gasteiger partial charge in [0.15, 0.2) is 0 Å². The number of carbonyl (C=O) groups is 2. The van der Waals surface area contributed by atoms with Crippen LogP contribution in [-0.4, -0.2) is 25.2 Å². The molecule has 172 valence electrons. The van der Waals surface area contributed by atoms with Crippen molar-refractivity contribution >= 4 is 23.3 Å². The molecule has 4 rings (SSSR count). The van der Waals surface area contributed by atoms with E-state index in [-0.39, 0.29) is 13.2 Å². The van der Waals surface area contributed by atoms with Crippen LogP contribution in [0.15, 0.2) is 102 Å². The van der Waals surface area contributed by atoms with Crippen LogP contribution in [-0.2, 0) is 19.1 Å². The fourth-order valence-corrected chi connectivity index (χ4v) is 4.19. The Labute approximate surface area is 199 Å². The lowest BCUT2D eigenvalue weighted by Gasteiger charge is -2.33. The highest BCUT2D eigenvalue weighted by molar-refractivity contribution is 6.10. The zero-order chi connectivity index (χ0) is 23.9. The molecular weight excluding hydrogens is 426 g/mol. The number of hydrogen-bond donors (Lipinski definition) is 1. The second-order valence-corrected chi connectivity index (χ2v) is 7.72. The molecule has 34 heavy (non-hydrogen) atoms. The van der Waals surface area contributed by atoms with Crippen LogP contribution in [0.3, 0.4) is 0 Å². The largest absolute Gasteiger partial charge is 0.463 e. The Morgan fingerprint density at radius 1 is 0.647 bits per heavy atom. The molecule has 5 heteroatoms. The van der Waals surface area contributed by atoms with E-state index in [0.29, 0.717) is 22.5 Å². The van der Waals surface area contributed by atoms with Crippen molar-refractivity contribution in [2.45, 2.75) is 19.8 Å². The molecule has 0 atom stereocenters. The summed E-state index contributed by atoms with van der Waals surface area (Å²) in [5, 5.41) is 3.42. The molecule has 0 saturated carbocycles. The Hall–Kier alpha value is -4.12. The average molecular weight is 454 g/mol. The van der Waals surface area contributed by atoms with Gasteiger partial charge in [-0.25, -0.2) is 9.59 Å². The predicted molar refractivity (Wildman–Crippen MR) is 132 cm³/mol. The molecule has 0 radical (unpaired) electrons. The maximum absolute atomic E-state index is 13.4. The van der Waals surface area contributed by atoms with Gasteiger partial charge < -0.3 is 14.8 Å². The van der Waals surface area contributed by atoms with Crippen molar-refractivity contribution in [1.29, 1.82) is 0 Å². The zero-order valence-electron chi connectivity index (χ0n) is 19.3. The fraction of sp³-hybridized carbons (Fsp3) is 0.172. The van der Waals surface area contributed by atoms with Crippen molar-refractivity contribution in [3.63, 3.8) is 0 Å². The number of benzene rings is 3. The molecular formula is C29H27NO4. The molecule has 0 saturated heterocycles. The minimum absolute atomic E-state index is 0.218. The zero-order valence-corrected chi connectivity index (χ0v) is 19.3. The third-order valence-electron chi connectivity index (χ3n) is 5.61. The van der Waals surface area contributed by atoms with E-state index in [1.54, 1.807) is 13.8 Å². The van der Waals surface area contributed by atoms with Crippen LogP contribution in [0.5, 0.6) is 0 Å². The van der Waals surface area contributed by atoms with Crippen LogP contribution < -0.4 is 5.32 Å². The van der Waals surface area contributed by atoms with Crippen molar-refractivity contribution in [1.82, 2.24) is 5.32 Å². The van der Waals surface area contributed by atoms with E-state index in [9.17, 15) is 9.59 Å². The minimum Gasteiger partial charge on any atom is -0.463 e. The van der Waals surface area contributed by atoms with Crippen molar-refractivity contribution in [2.24, 2.45) is 0 Å². The smallest absolute Gasteiger partial charge is 0.337 e. The molecule has 3 aromatic rings. The Bertz CT molecular complexity index is 1140. The Balaban J connectivity index is 2.06. The van der Waals surface area contributed by atoms with Crippen molar-refractivity contribution in [3.05, 3.63) is 119 Å². The van der Waals surface area contributed by atoms with E-state index in [1.165, 1.54) is 0 Å². The quantitative estimate of drug-likeness (QED) is 0.491. The van der Waals surface area contributed by atoms with Crippen molar-refractivity contribution in [3.8, 4) is 0 Å². The van der Waals surface area contributed by atoms with Crippen LogP contribution in [0.1, 0.15) is 36.5 Å². The average Bonchev–Trinajstić information content (AvgIpc) is 2.89. The topological polar surface area (TPSA) is 64.6 Å². The molecule has 0 aliphatic carbocycles. The van der Waals surface area contributed by atoms with E-state index in [2.05, 4.69) is 5.32 Å². The number of rotatable bonds is 7. The van der Waals surface area contributed by atoms with Crippen LogP contribution >= 0.6 is 0 Å². The molecule has 0 aromatic heterocycles. The van der Waals surface area contributed by atoms with Gasteiger partial charge in [0, 0.05) is 0 Å². The number of nitrogens with one attached hydrogen (secondary N) is 1. The van der Waals surface area contributed by atoms with Crippen LogP contribution in [0.4, 0.5) is 0 Å². The predicted octanol–water partition coefficient (Wildman–Crippen LogP) is 5.32. The molecule has 0 unspecified atom stereocenters. The number of esters is 2. The maximum Gasteiger partial charge on any atom is 0.337 e. The van der Waals surface area contributed by atoms with E-state index in [4.69, 9.17) is 9.47 Å². The molecule has 0 amide bonds. The fourth-order valence-electron chi connectivity index (χ4n) is 4.19. The highest BCUT2D eigenvalue weighted by Gasteiger charge is 2.40. The molecule has 3 aromatic carbocycles. The first-order valence-corrected chi connectivity index (χ1v) is 11.4.